The molecule has 0 spiro atoms. The molecule has 4 aromatic heterocycles. The average Bonchev–Trinajstić information content (AvgIpc) is 3.40. The third-order valence-corrected chi connectivity index (χ3v) is 5.43. The minimum absolute atomic E-state index is 0.104. The predicted octanol–water partition coefficient (Wildman–Crippen LogP) is 4.34. The van der Waals surface area contributed by atoms with Gasteiger partial charge in [-0.25, -0.2) is 9.97 Å². The Bertz CT molecular complexity index is 1260. The third kappa shape index (κ3) is 2.75. The van der Waals surface area contributed by atoms with Crippen LogP contribution < -0.4 is 9.47 Å². The van der Waals surface area contributed by atoms with E-state index < -0.39 is 0 Å². The number of phenols is 1. The molecule has 30 heavy (non-hydrogen) atoms. The minimum atomic E-state index is -0.104. The Labute approximate surface area is 172 Å². The number of nitrogens with one attached hydrogen (secondary N) is 2. The summed E-state index contributed by atoms with van der Waals surface area (Å²) in [6, 6.07) is 11.2. The molecule has 1 aromatic carbocycles. The molecule has 150 valence electrons. The fraction of sp³-hybridized carbons (Fsp3) is 0.130. The molecular weight excluding hydrogens is 380 g/mol. The molecule has 0 aliphatic carbocycles. The van der Waals surface area contributed by atoms with Crippen LogP contribution in [0, 0.1) is 0 Å². The highest BCUT2D eigenvalue weighted by molar-refractivity contribution is 5.92. The monoisotopic (exact) mass is 400 g/mol. The molecule has 0 saturated carbocycles. The van der Waals surface area contributed by atoms with Crippen molar-refractivity contribution in [3.8, 4) is 17.5 Å². The predicted molar refractivity (Wildman–Crippen MR) is 114 cm³/mol. The van der Waals surface area contributed by atoms with Gasteiger partial charge in [0.2, 0.25) is 11.8 Å². The van der Waals surface area contributed by atoms with Gasteiger partial charge in [-0.2, -0.15) is 0 Å². The van der Waals surface area contributed by atoms with Crippen LogP contribution in [-0.2, 0) is 0 Å². The average molecular weight is 400 g/mol. The summed E-state index contributed by atoms with van der Waals surface area (Å²) in [6.45, 7) is 0. The van der Waals surface area contributed by atoms with E-state index in [1.54, 1.807) is 38.7 Å². The molecule has 0 aliphatic rings. The van der Waals surface area contributed by atoms with E-state index in [-0.39, 0.29) is 11.7 Å². The smallest absolute Gasteiger partial charge is 0.238 e. The molecule has 0 bridgehead atoms. The first kappa shape index (κ1) is 18.1. The molecule has 7 nitrogen and oxygen atoms in total. The Morgan fingerprint density at radius 3 is 1.73 bits per heavy atom. The number of aromatic amines is 2. The van der Waals surface area contributed by atoms with Crippen LogP contribution in [0.4, 0.5) is 0 Å². The van der Waals surface area contributed by atoms with Gasteiger partial charge in [0.15, 0.2) is 0 Å². The van der Waals surface area contributed by atoms with Crippen molar-refractivity contribution in [2.24, 2.45) is 0 Å². The number of phenolic OH excluding ortho intramolecular Hbond substituents is 1. The van der Waals surface area contributed by atoms with Gasteiger partial charge in [-0.15, -0.1) is 0 Å². The Kier molecular flexibility index (Phi) is 4.28. The van der Waals surface area contributed by atoms with E-state index in [1.165, 1.54) is 0 Å². The first-order valence-corrected chi connectivity index (χ1v) is 9.50. The van der Waals surface area contributed by atoms with Crippen LogP contribution in [-0.4, -0.2) is 39.3 Å². The van der Waals surface area contributed by atoms with Gasteiger partial charge in [0, 0.05) is 41.5 Å². The number of rotatable bonds is 5. The number of aromatic nitrogens is 4. The third-order valence-electron chi connectivity index (χ3n) is 5.43. The molecular formula is C23H20N4O3. The maximum absolute atomic E-state index is 9.82. The van der Waals surface area contributed by atoms with Gasteiger partial charge in [0.1, 0.15) is 16.8 Å². The number of pyridine rings is 2. The quantitative estimate of drug-likeness (QED) is 0.408. The zero-order valence-corrected chi connectivity index (χ0v) is 16.5. The van der Waals surface area contributed by atoms with Gasteiger partial charge in [-0.1, -0.05) is 12.1 Å². The van der Waals surface area contributed by atoms with Gasteiger partial charge in [-0.05, 0) is 41.0 Å². The van der Waals surface area contributed by atoms with Crippen molar-refractivity contribution in [3.05, 3.63) is 77.9 Å². The number of nitrogens with zero attached hydrogens (tertiary/aromatic N) is 2. The number of aromatic hydroxyl groups is 1. The van der Waals surface area contributed by atoms with Crippen molar-refractivity contribution < 1.29 is 14.6 Å². The lowest BCUT2D eigenvalue weighted by Gasteiger charge is -2.17. The highest BCUT2D eigenvalue weighted by Crippen LogP contribution is 2.41. The number of hydrogen-bond donors (Lipinski definition) is 3. The van der Waals surface area contributed by atoms with Gasteiger partial charge < -0.3 is 24.5 Å². The molecule has 0 saturated heterocycles. The molecule has 0 atom stereocenters. The Hall–Kier alpha value is -4.00. The number of H-pyrrole nitrogens is 2. The van der Waals surface area contributed by atoms with E-state index in [0.29, 0.717) is 11.8 Å². The van der Waals surface area contributed by atoms with Crippen molar-refractivity contribution >= 4 is 21.8 Å². The maximum Gasteiger partial charge on any atom is 0.238 e. The number of hydrogen-bond acceptors (Lipinski definition) is 5. The summed E-state index contributed by atoms with van der Waals surface area (Å²) in [5.74, 6) is 1.22. The van der Waals surface area contributed by atoms with Gasteiger partial charge in [0.25, 0.3) is 0 Å². The van der Waals surface area contributed by atoms with E-state index in [2.05, 4.69) is 19.9 Å². The molecule has 4 heterocycles. The fourth-order valence-electron chi connectivity index (χ4n) is 4.08. The van der Waals surface area contributed by atoms with E-state index in [0.717, 1.165) is 38.5 Å². The standard InChI is InChI=1S/C23H20N4O3/c1-29-22-20-15(7-9-24-22)17(11-26-20)19(13-3-5-14(28)6-4-13)18-12-27-21-16(18)8-10-25-23(21)30-2/h3-12,19,26-28H,1-2H3. The largest absolute Gasteiger partial charge is 0.508 e. The first-order valence-electron chi connectivity index (χ1n) is 9.50. The van der Waals surface area contributed by atoms with Crippen LogP contribution in [0.3, 0.4) is 0 Å². The molecule has 5 aromatic rings. The minimum Gasteiger partial charge on any atom is -0.508 e. The second-order valence-electron chi connectivity index (χ2n) is 7.00. The molecule has 0 unspecified atom stereocenters. The van der Waals surface area contributed by atoms with Gasteiger partial charge >= 0.3 is 0 Å². The van der Waals surface area contributed by atoms with E-state index in [9.17, 15) is 5.11 Å². The van der Waals surface area contributed by atoms with E-state index in [1.807, 2.05) is 36.7 Å². The SMILES string of the molecule is COc1nccc2c(C(c3ccc(O)cc3)c3c[nH]c4c(OC)nccc34)c[nH]c12. The highest BCUT2D eigenvalue weighted by atomic mass is 16.5. The molecule has 3 N–H and O–H groups in total. The van der Waals surface area contributed by atoms with Crippen molar-refractivity contribution in [3.63, 3.8) is 0 Å². The van der Waals surface area contributed by atoms with Gasteiger partial charge in [-0.3, -0.25) is 0 Å². The molecule has 0 aliphatic heterocycles. The first-order chi connectivity index (χ1) is 14.7. The molecule has 0 radical (unpaired) electrons. The van der Waals surface area contributed by atoms with Crippen LogP contribution >= 0.6 is 0 Å². The molecule has 0 amide bonds. The highest BCUT2D eigenvalue weighted by Gasteiger charge is 2.25. The normalized spacial score (nSPS) is 11.4. The lowest BCUT2D eigenvalue weighted by atomic mass is 9.85. The Balaban J connectivity index is 1.79. The lowest BCUT2D eigenvalue weighted by Crippen LogP contribution is -2.02. The summed E-state index contributed by atoms with van der Waals surface area (Å²) in [5, 5.41) is 11.9. The number of methoxy groups -OCH3 is 2. The molecule has 7 heteroatoms. The number of benzene rings is 1. The maximum atomic E-state index is 9.82. The second kappa shape index (κ2) is 7.11. The van der Waals surface area contributed by atoms with Crippen LogP contribution in [0.25, 0.3) is 21.8 Å². The summed E-state index contributed by atoms with van der Waals surface area (Å²) in [7, 11) is 3.22. The zero-order chi connectivity index (χ0) is 20.7. The van der Waals surface area contributed by atoms with E-state index in [4.69, 9.17) is 9.47 Å². The Morgan fingerprint density at radius 2 is 1.27 bits per heavy atom. The van der Waals surface area contributed by atoms with Crippen LogP contribution in [0.1, 0.15) is 22.6 Å². The van der Waals surface area contributed by atoms with Crippen LogP contribution in [0.5, 0.6) is 17.5 Å². The van der Waals surface area contributed by atoms with Crippen molar-refractivity contribution in [2.45, 2.75) is 5.92 Å². The molecule has 0 fully saturated rings. The fourth-order valence-corrected chi connectivity index (χ4v) is 4.08. The summed E-state index contributed by atoms with van der Waals surface area (Å²) in [6.07, 6.45) is 7.47. The number of fused-ring (bicyclic) bond motifs is 2. The van der Waals surface area contributed by atoms with Crippen LogP contribution in [0.15, 0.2) is 61.2 Å². The summed E-state index contributed by atoms with van der Waals surface area (Å²) in [5.41, 5.74) is 4.89. The summed E-state index contributed by atoms with van der Waals surface area (Å²) in [4.78, 5) is 15.2. The summed E-state index contributed by atoms with van der Waals surface area (Å²) < 4.78 is 10.9. The second-order valence-corrected chi connectivity index (χ2v) is 7.00. The van der Waals surface area contributed by atoms with E-state index >= 15 is 0 Å². The van der Waals surface area contributed by atoms with Gasteiger partial charge in [0.05, 0.1) is 14.2 Å². The van der Waals surface area contributed by atoms with Crippen molar-refractivity contribution in [1.82, 2.24) is 19.9 Å². The Morgan fingerprint density at radius 1 is 0.767 bits per heavy atom. The summed E-state index contributed by atoms with van der Waals surface area (Å²) >= 11 is 0. The number of ether oxygens (including phenoxy) is 2. The lowest BCUT2D eigenvalue weighted by molar-refractivity contribution is 0.402. The van der Waals surface area contributed by atoms with Crippen LogP contribution in [0.2, 0.25) is 0 Å². The van der Waals surface area contributed by atoms with Crippen molar-refractivity contribution in [1.29, 1.82) is 0 Å². The molecule has 5 rings (SSSR count). The van der Waals surface area contributed by atoms with Crippen molar-refractivity contribution in [2.75, 3.05) is 14.2 Å². The zero-order valence-electron chi connectivity index (χ0n) is 16.5. The topological polar surface area (TPSA) is 96.1 Å².